The van der Waals surface area contributed by atoms with Gasteiger partial charge in [-0.1, -0.05) is 30.3 Å². The quantitative estimate of drug-likeness (QED) is 0.601. The highest BCUT2D eigenvalue weighted by Gasteiger charge is 2.16. The Kier molecular flexibility index (Phi) is 6.31. The monoisotopic (exact) mass is 307 g/mol. The Morgan fingerprint density at radius 3 is 2.76 bits per heavy atom. The molecule has 1 atom stereocenters. The van der Waals surface area contributed by atoms with Crippen LogP contribution in [0.2, 0.25) is 0 Å². The second kappa shape index (κ2) is 8.49. The van der Waals surface area contributed by atoms with Gasteiger partial charge in [0.2, 0.25) is 5.91 Å². The molecule has 0 saturated heterocycles. The Bertz CT molecular complexity index is 528. The second-order valence-electron chi connectivity index (χ2n) is 4.55. The Hall–Kier alpha value is -1.78. The Labute approximate surface area is 129 Å². The molecule has 0 aliphatic rings. The van der Waals surface area contributed by atoms with Crippen LogP contribution in [0.3, 0.4) is 0 Å². The Balaban J connectivity index is 1.59. The van der Waals surface area contributed by atoms with E-state index in [2.05, 4.69) is 5.32 Å². The highest BCUT2D eigenvalue weighted by molar-refractivity contribution is 6.30. The molecule has 112 valence electrons. The molecular formula is C16H18ClNO3. The van der Waals surface area contributed by atoms with Gasteiger partial charge in [0.05, 0.1) is 6.26 Å². The number of benzene rings is 1. The summed E-state index contributed by atoms with van der Waals surface area (Å²) in [6, 6.07) is 13.0. The molecule has 0 aliphatic heterocycles. The van der Waals surface area contributed by atoms with E-state index in [1.807, 2.05) is 42.5 Å². The third-order valence-corrected chi connectivity index (χ3v) is 3.36. The predicted molar refractivity (Wildman–Crippen MR) is 81.0 cm³/mol. The van der Waals surface area contributed by atoms with Crippen molar-refractivity contribution in [1.29, 1.82) is 0 Å². The van der Waals surface area contributed by atoms with Crippen molar-refractivity contribution in [2.75, 3.05) is 13.2 Å². The van der Waals surface area contributed by atoms with Crippen LogP contribution in [0.4, 0.5) is 0 Å². The van der Waals surface area contributed by atoms with Gasteiger partial charge in [-0.15, -0.1) is 11.6 Å². The number of nitrogens with one attached hydrogen (secondary N) is 1. The van der Waals surface area contributed by atoms with Gasteiger partial charge in [0.15, 0.2) is 0 Å². The van der Waals surface area contributed by atoms with Gasteiger partial charge in [0.25, 0.3) is 0 Å². The van der Waals surface area contributed by atoms with E-state index in [4.69, 9.17) is 20.8 Å². The first-order chi connectivity index (χ1) is 10.3. The fourth-order valence-corrected chi connectivity index (χ4v) is 2.04. The van der Waals surface area contributed by atoms with Gasteiger partial charge in [-0.25, -0.2) is 0 Å². The summed E-state index contributed by atoms with van der Waals surface area (Å²) in [6.07, 6.45) is 2.34. The molecule has 0 radical (unpaired) electrons. The van der Waals surface area contributed by atoms with Crippen LogP contribution in [0.25, 0.3) is 0 Å². The Morgan fingerprint density at radius 1 is 1.24 bits per heavy atom. The van der Waals surface area contributed by atoms with E-state index < -0.39 is 5.38 Å². The van der Waals surface area contributed by atoms with Crippen LogP contribution >= 0.6 is 11.6 Å². The van der Waals surface area contributed by atoms with Crippen molar-refractivity contribution in [1.82, 2.24) is 5.32 Å². The van der Waals surface area contributed by atoms with Crippen molar-refractivity contribution in [3.63, 3.8) is 0 Å². The number of alkyl halides is 1. The molecule has 0 fully saturated rings. The van der Waals surface area contributed by atoms with Crippen molar-refractivity contribution in [3.8, 4) is 0 Å². The van der Waals surface area contributed by atoms with E-state index in [1.165, 1.54) is 0 Å². The van der Waals surface area contributed by atoms with Gasteiger partial charge < -0.3 is 14.5 Å². The molecule has 21 heavy (non-hydrogen) atoms. The molecule has 2 aromatic rings. The smallest absolute Gasteiger partial charge is 0.242 e. The molecule has 1 amide bonds. The summed E-state index contributed by atoms with van der Waals surface area (Å²) < 4.78 is 10.6. The summed E-state index contributed by atoms with van der Waals surface area (Å²) in [4.78, 5) is 11.9. The van der Waals surface area contributed by atoms with E-state index >= 15 is 0 Å². The van der Waals surface area contributed by atoms with Crippen molar-refractivity contribution in [2.45, 2.75) is 18.4 Å². The molecule has 2 rings (SSSR count). The zero-order valence-corrected chi connectivity index (χ0v) is 12.4. The molecule has 1 unspecified atom stereocenters. The van der Waals surface area contributed by atoms with E-state index in [-0.39, 0.29) is 5.91 Å². The number of carbonyl (C=O) groups excluding carboxylic acids is 1. The first-order valence-corrected chi connectivity index (χ1v) is 7.28. The normalized spacial score (nSPS) is 12.0. The molecule has 0 saturated carbocycles. The number of halogens is 1. The maximum Gasteiger partial charge on any atom is 0.242 e. The van der Waals surface area contributed by atoms with Gasteiger partial charge in [0, 0.05) is 13.2 Å². The fourth-order valence-electron chi connectivity index (χ4n) is 1.82. The maximum atomic E-state index is 11.9. The molecule has 0 aliphatic carbocycles. The third kappa shape index (κ3) is 5.25. The van der Waals surface area contributed by atoms with Crippen molar-refractivity contribution < 1.29 is 13.9 Å². The van der Waals surface area contributed by atoms with Crippen molar-refractivity contribution in [2.24, 2.45) is 0 Å². The standard InChI is InChI=1S/C16H18ClNO3/c17-15(13-6-2-1-3-7-13)16(19)18-9-5-10-20-12-14-8-4-11-21-14/h1-4,6-8,11,15H,5,9-10,12H2,(H,18,19). The zero-order chi connectivity index (χ0) is 14.9. The van der Waals surface area contributed by atoms with Gasteiger partial charge in [-0.05, 0) is 24.1 Å². The first kappa shape index (κ1) is 15.6. The SMILES string of the molecule is O=C(NCCCOCc1ccco1)C(Cl)c1ccccc1. The van der Waals surface area contributed by atoms with Gasteiger partial charge in [-0.2, -0.15) is 0 Å². The predicted octanol–water partition coefficient (Wildman–Crippen LogP) is 3.28. The molecule has 1 N–H and O–H groups in total. The summed E-state index contributed by atoms with van der Waals surface area (Å²) >= 11 is 6.11. The maximum absolute atomic E-state index is 11.9. The Morgan fingerprint density at radius 2 is 2.05 bits per heavy atom. The van der Waals surface area contributed by atoms with E-state index in [0.29, 0.717) is 19.8 Å². The number of ether oxygens (including phenoxy) is 1. The largest absolute Gasteiger partial charge is 0.467 e. The number of carbonyl (C=O) groups is 1. The average molecular weight is 308 g/mol. The number of amides is 1. The van der Waals surface area contributed by atoms with Crippen LogP contribution in [-0.4, -0.2) is 19.1 Å². The number of furan rings is 1. The number of hydrogen-bond donors (Lipinski definition) is 1. The highest BCUT2D eigenvalue weighted by atomic mass is 35.5. The van der Waals surface area contributed by atoms with Crippen LogP contribution in [0.5, 0.6) is 0 Å². The summed E-state index contributed by atoms with van der Waals surface area (Å²) in [5, 5.41) is 2.14. The number of hydrogen-bond acceptors (Lipinski definition) is 3. The lowest BCUT2D eigenvalue weighted by atomic mass is 10.1. The molecule has 0 bridgehead atoms. The van der Waals surface area contributed by atoms with Crippen molar-refractivity contribution >= 4 is 17.5 Å². The van der Waals surface area contributed by atoms with Crippen LogP contribution in [0.15, 0.2) is 53.1 Å². The van der Waals surface area contributed by atoms with Crippen LogP contribution < -0.4 is 5.32 Å². The van der Waals surface area contributed by atoms with Crippen LogP contribution in [0, 0.1) is 0 Å². The molecule has 0 spiro atoms. The molecule has 1 aromatic heterocycles. The lowest BCUT2D eigenvalue weighted by Crippen LogP contribution is -2.28. The molecule has 4 nitrogen and oxygen atoms in total. The second-order valence-corrected chi connectivity index (χ2v) is 4.99. The molecule has 1 heterocycles. The minimum Gasteiger partial charge on any atom is -0.467 e. The van der Waals surface area contributed by atoms with Gasteiger partial charge >= 0.3 is 0 Å². The van der Waals surface area contributed by atoms with E-state index in [0.717, 1.165) is 17.7 Å². The highest BCUT2D eigenvalue weighted by Crippen LogP contribution is 2.19. The van der Waals surface area contributed by atoms with Gasteiger partial charge in [0.1, 0.15) is 17.7 Å². The first-order valence-electron chi connectivity index (χ1n) is 6.84. The summed E-state index contributed by atoms with van der Waals surface area (Å²) in [6.45, 7) is 1.54. The topological polar surface area (TPSA) is 51.5 Å². The van der Waals surface area contributed by atoms with E-state index in [9.17, 15) is 4.79 Å². The molecule has 1 aromatic carbocycles. The van der Waals surface area contributed by atoms with Gasteiger partial charge in [-0.3, -0.25) is 4.79 Å². The van der Waals surface area contributed by atoms with Crippen LogP contribution in [-0.2, 0) is 16.1 Å². The lowest BCUT2D eigenvalue weighted by Gasteiger charge is -2.10. The zero-order valence-electron chi connectivity index (χ0n) is 11.6. The summed E-state index contributed by atoms with van der Waals surface area (Å²) in [5.41, 5.74) is 0.797. The molecule has 5 heteroatoms. The average Bonchev–Trinajstić information content (AvgIpc) is 3.04. The van der Waals surface area contributed by atoms with Crippen molar-refractivity contribution in [3.05, 3.63) is 60.1 Å². The lowest BCUT2D eigenvalue weighted by molar-refractivity contribution is -0.120. The fraction of sp³-hybridized carbons (Fsp3) is 0.312. The van der Waals surface area contributed by atoms with Crippen LogP contribution in [0.1, 0.15) is 23.1 Å². The third-order valence-electron chi connectivity index (χ3n) is 2.91. The minimum atomic E-state index is -0.657. The molecular weight excluding hydrogens is 290 g/mol. The number of rotatable bonds is 8. The minimum absolute atomic E-state index is 0.186. The van der Waals surface area contributed by atoms with E-state index in [1.54, 1.807) is 6.26 Å². The summed E-state index contributed by atoms with van der Waals surface area (Å²) in [7, 11) is 0. The summed E-state index contributed by atoms with van der Waals surface area (Å²) in [5.74, 6) is 0.609.